The molecule has 1 aliphatic rings. The maximum Gasteiger partial charge on any atom is 0.416 e. The van der Waals surface area contributed by atoms with Gasteiger partial charge >= 0.3 is 6.18 Å². The minimum atomic E-state index is -4.50. The van der Waals surface area contributed by atoms with Gasteiger partial charge in [0.05, 0.1) is 5.56 Å². The molecule has 1 aliphatic carbocycles. The van der Waals surface area contributed by atoms with E-state index in [0.717, 1.165) is 18.7 Å². The molecule has 0 aromatic heterocycles. The molecule has 5 heteroatoms. The summed E-state index contributed by atoms with van der Waals surface area (Å²) < 4.78 is 50.7. The van der Waals surface area contributed by atoms with Crippen LogP contribution in [0.15, 0.2) is 18.2 Å². The van der Waals surface area contributed by atoms with Crippen LogP contribution < -0.4 is 5.32 Å². The Hall–Kier alpha value is -1.10. The van der Waals surface area contributed by atoms with Gasteiger partial charge in [-0.25, -0.2) is 4.39 Å². The Bertz CT molecular complexity index is 422. The van der Waals surface area contributed by atoms with Crippen molar-refractivity contribution in [2.75, 3.05) is 6.54 Å². The summed E-state index contributed by atoms with van der Waals surface area (Å²) in [5, 5.41) is 3.12. The van der Waals surface area contributed by atoms with Crippen LogP contribution >= 0.6 is 0 Å². The molecule has 0 atom stereocenters. The van der Waals surface area contributed by atoms with Crippen molar-refractivity contribution < 1.29 is 17.6 Å². The summed E-state index contributed by atoms with van der Waals surface area (Å²) in [7, 11) is 0. The average molecular weight is 275 g/mol. The highest BCUT2D eigenvalue weighted by Gasteiger charge is 2.31. The summed E-state index contributed by atoms with van der Waals surface area (Å²) in [6.07, 6.45) is 0.297. The molecule has 1 saturated carbocycles. The molecule has 0 aliphatic heterocycles. The zero-order valence-electron chi connectivity index (χ0n) is 10.6. The molecule has 0 spiro atoms. The molecular formula is C14H17F4N. The molecule has 0 saturated heterocycles. The van der Waals surface area contributed by atoms with Crippen LogP contribution in [0.5, 0.6) is 0 Å². The predicted molar refractivity (Wildman–Crippen MR) is 65.1 cm³/mol. The highest BCUT2D eigenvalue weighted by atomic mass is 19.4. The van der Waals surface area contributed by atoms with Gasteiger partial charge in [0.1, 0.15) is 5.82 Å². The Morgan fingerprint density at radius 1 is 1.11 bits per heavy atom. The summed E-state index contributed by atoms with van der Waals surface area (Å²) in [4.78, 5) is 0. The van der Waals surface area contributed by atoms with Gasteiger partial charge in [-0.15, -0.1) is 0 Å². The number of benzene rings is 1. The van der Waals surface area contributed by atoms with Gasteiger partial charge in [0.25, 0.3) is 0 Å². The number of halogens is 4. The molecule has 0 unspecified atom stereocenters. The van der Waals surface area contributed by atoms with Gasteiger partial charge in [-0.05, 0) is 49.1 Å². The smallest absolute Gasteiger partial charge is 0.312 e. The van der Waals surface area contributed by atoms with Crippen LogP contribution in [0.25, 0.3) is 0 Å². The van der Waals surface area contributed by atoms with Gasteiger partial charge in [-0.1, -0.05) is 12.8 Å². The third-order valence-corrected chi connectivity index (χ3v) is 3.52. The standard InChI is InChI=1S/C14H17F4N/c15-13-6-11(5-12(7-13)14(16,17)18)9-19-8-10-3-1-2-4-10/h5-7,10,19H,1-4,8-9H2. The quantitative estimate of drug-likeness (QED) is 0.815. The largest absolute Gasteiger partial charge is 0.416 e. The molecule has 1 aromatic carbocycles. The Morgan fingerprint density at radius 3 is 2.42 bits per heavy atom. The summed E-state index contributed by atoms with van der Waals surface area (Å²) in [6.45, 7) is 1.06. The van der Waals surface area contributed by atoms with Crippen LogP contribution in [0.2, 0.25) is 0 Å². The van der Waals surface area contributed by atoms with Crippen molar-refractivity contribution in [1.82, 2.24) is 5.32 Å². The van der Waals surface area contributed by atoms with E-state index in [4.69, 9.17) is 0 Å². The van der Waals surface area contributed by atoms with Crippen LogP contribution in [0.4, 0.5) is 17.6 Å². The molecule has 0 amide bonds. The molecule has 106 valence electrons. The molecular weight excluding hydrogens is 258 g/mol. The number of hydrogen-bond donors (Lipinski definition) is 1. The molecule has 1 nitrogen and oxygen atoms in total. The molecule has 1 aromatic rings. The van der Waals surface area contributed by atoms with Gasteiger partial charge in [0.15, 0.2) is 0 Å². The van der Waals surface area contributed by atoms with Crippen LogP contribution in [-0.4, -0.2) is 6.54 Å². The fourth-order valence-corrected chi connectivity index (χ4v) is 2.55. The van der Waals surface area contributed by atoms with Crippen molar-refractivity contribution in [3.63, 3.8) is 0 Å². The van der Waals surface area contributed by atoms with E-state index in [0.29, 0.717) is 17.5 Å². The number of alkyl halides is 3. The van der Waals surface area contributed by atoms with Gasteiger partial charge in [0, 0.05) is 6.54 Å². The Kier molecular flexibility index (Phi) is 4.45. The second kappa shape index (κ2) is 5.90. The van der Waals surface area contributed by atoms with E-state index in [1.165, 1.54) is 25.7 Å². The predicted octanol–water partition coefficient (Wildman–Crippen LogP) is 4.12. The van der Waals surface area contributed by atoms with Crippen molar-refractivity contribution in [3.05, 3.63) is 35.1 Å². The molecule has 19 heavy (non-hydrogen) atoms. The second-order valence-electron chi connectivity index (χ2n) is 5.13. The topological polar surface area (TPSA) is 12.0 Å². The Labute approximate surface area is 110 Å². The maximum absolute atomic E-state index is 13.2. The molecule has 0 bridgehead atoms. The van der Waals surface area contributed by atoms with E-state index in [-0.39, 0.29) is 6.54 Å². The molecule has 1 N–H and O–H groups in total. The average Bonchev–Trinajstić information content (AvgIpc) is 2.80. The lowest BCUT2D eigenvalue weighted by atomic mass is 10.1. The van der Waals surface area contributed by atoms with Gasteiger partial charge in [-0.3, -0.25) is 0 Å². The lowest BCUT2D eigenvalue weighted by molar-refractivity contribution is -0.137. The maximum atomic E-state index is 13.2. The fourth-order valence-electron chi connectivity index (χ4n) is 2.55. The zero-order chi connectivity index (χ0) is 13.9. The monoisotopic (exact) mass is 275 g/mol. The normalized spacial score (nSPS) is 17.1. The van der Waals surface area contributed by atoms with E-state index in [9.17, 15) is 17.6 Å². The lowest BCUT2D eigenvalue weighted by Gasteiger charge is -2.12. The molecule has 0 radical (unpaired) electrons. The molecule has 2 rings (SSSR count). The lowest BCUT2D eigenvalue weighted by Crippen LogP contribution is -2.21. The summed E-state index contributed by atoms with van der Waals surface area (Å²) in [6, 6.07) is 2.68. The van der Waals surface area contributed by atoms with Crippen molar-refractivity contribution in [2.24, 2.45) is 5.92 Å². The first-order chi connectivity index (χ1) is 8.95. The van der Waals surface area contributed by atoms with Crippen molar-refractivity contribution >= 4 is 0 Å². The van der Waals surface area contributed by atoms with Crippen LogP contribution in [-0.2, 0) is 12.7 Å². The van der Waals surface area contributed by atoms with Gasteiger partial charge < -0.3 is 5.32 Å². The zero-order valence-corrected chi connectivity index (χ0v) is 10.6. The Morgan fingerprint density at radius 2 is 1.79 bits per heavy atom. The summed E-state index contributed by atoms with van der Waals surface area (Å²) >= 11 is 0. The number of nitrogens with one attached hydrogen (secondary N) is 1. The molecule has 0 heterocycles. The first-order valence-electron chi connectivity index (χ1n) is 6.52. The minimum absolute atomic E-state index is 0.275. The van der Waals surface area contributed by atoms with E-state index >= 15 is 0 Å². The first-order valence-corrected chi connectivity index (χ1v) is 6.52. The SMILES string of the molecule is Fc1cc(CNCC2CCCC2)cc(C(F)(F)F)c1. The van der Waals surface area contributed by atoms with E-state index in [1.54, 1.807) is 0 Å². The van der Waals surface area contributed by atoms with Crippen LogP contribution in [0.1, 0.15) is 36.8 Å². The van der Waals surface area contributed by atoms with E-state index in [2.05, 4.69) is 5.32 Å². The minimum Gasteiger partial charge on any atom is -0.312 e. The third kappa shape index (κ3) is 4.20. The first kappa shape index (κ1) is 14.3. The van der Waals surface area contributed by atoms with Crippen molar-refractivity contribution in [1.29, 1.82) is 0 Å². The van der Waals surface area contributed by atoms with E-state index < -0.39 is 17.6 Å². The van der Waals surface area contributed by atoms with E-state index in [1.807, 2.05) is 0 Å². The number of rotatable bonds is 4. The highest BCUT2D eigenvalue weighted by molar-refractivity contribution is 5.26. The summed E-state index contributed by atoms with van der Waals surface area (Å²) in [5.74, 6) is -0.233. The molecule has 1 fully saturated rings. The summed E-state index contributed by atoms with van der Waals surface area (Å²) in [5.41, 5.74) is -0.588. The number of hydrogen-bond acceptors (Lipinski definition) is 1. The Balaban J connectivity index is 1.94. The highest BCUT2D eigenvalue weighted by Crippen LogP contribution is 2.30. The third-order valence-electron chi connectivity index (χ3n) is 3.52. The van der Waals surface area contributed by atoms with Crippen LogP contribution in [0, 0.1) is 11.7 Å². The second-order valence-corrected chi connectivity index (χ2v) is 5.13. The fraction of sp³-hybridized carbons (Fsp3) is 0.571. The van der Waals surface area contributed by atoms with Gasteiger partial charge in [0.2, 0.25) is 0 Å². The van der Waals surface area contributed by atoms with Crippen LogP contribution in [0.3, 0.4) is 0 Å². The van der Waals surface area contributed by atoms with Crippen molar-refractivity contribution in [2.45, 2.75) is 38.4 Å². The van der Waals surface area contributed by atoms with Crippen molar-refractivity contribution in [3.8, 4) is 0 Å². The van der Waals surface area contributed by atoms with Gasteiger partial charge in [-0.2, -0.15) is 13.2 Å².